The molecule has 0 unspecified atom stereocenters. The molecule has 9 heteroatoms. The van der Waals surface area contributed by atoms with Crippen LogP contribution in [0.5, 0.6) is 0 Å². The van der Waals surface area contributed by atoms with Gasteiger partial charge in [0.05, 0.1) is 22.5 Å². The molecule has 0 bridgehead atoms. The molecule has 0 atom stereocenters. The lowest BCUT2D eigenvalue weighted by atomic mass is 10.1. The molecule has 0 aromatic heterocycles. The van der Waals surface area contributed by atoms with Crippen molar-refractivity contribution < 1.29 is 22.8 Å². The lowest BCUT2D eigenvalue weighted by Gasteiger charge is -2.19. The second kappa shape index (κ2) is 6.59. The highest BCUT2D eigenvalue weighted by Crippen LogP contribution is 2.31. The van der Waals surface area contributed by atoms with E-state index in [4.69, 9.17) is 11.6 Å². The Labute approximate surface area is 134 Å². The van der Waals surface area contributed by atoms with Crippen molar-refractivity contribution in [3.05, 3.63) is 59.7 Å². The Morgan fingerprint density at radius 1 is 1.04 bits per heavy atom. The molecule has 6 nitrogen and oxygen atoms in total. The number of halogens is 3. The Hall–Kier alpha value is -3.07. The van der Waals surface area contributed by atoms with Gasteiger partial charge in [-0.3, -0.25) is 4.79 Å². The van der Waals surface area contributed by atoms with Gasteiger partial charge >= 0.3 is 12.2 Å². The Kier molecular flexibility index (Phi) is 4.74. The molecule has 0 saturated heterocycles. The minimum atomic E-state index is -4.56. The third-order valence-electron chi connectivity index (χ3n) is 3.09. The Bertz CT molecular complexity index is 777. The van der Waals surface area contributed by atoms with Crippen LogP contribution in [0.3, 0.4) is 0 Å². The van der Waals surface area contributed by atoms with E-state index in [9.17, 15) is 22.8 Å². The first-order valence-corrected chi connectivity index (χ1v) is 6.62. The smallest absolute Gasteiger partial charge is 0.351 e. The van der Waals surface area contributed by atoms with Crippen molar-refractivity contribution in [2.24, 2.45) is 11.6 Å². The van der Waals surface area contributed by atoms with Gasteiger partial charge in [0.1, 0.15) is 0 Å². The molecule has 126 valence electrons. The summed E-state index contributed by atoms with van der Waals surface area (Å²) in [4.78, 5) is 23.4. The Balaban J connectivity index is 2.36. The van der Waals surface area contributed by atoms with Gasteiger partial charge in [-0.2, -0.15) is 13.2 Å². The number of primary amides is 1. The molecule has 0 aliphatic rings. The molecular formula is C15H13F3N4O2. The molecule has 0 spiro atoms. The van der Waals surface area contributed by atoms with Crippen LogP contribution in [0.15, 0.2) is 48.5 Å². The van der Waals surface area contributed by atoms with Gasteiger partial charge in [-0.1, -0.05) is 18.2 Å². The van der Waals surface area contributed by atoms with Crippen molar-refractivity contribution in [1.29, 1.82) is 0 Å². The molecule has 0 saturated carbocycles. The molecule has 2 rings (SSSR count). The van der Waals surface area contributed by atoms with Gasteiger partial charge in [0.2, 0.25) is 0 Å². The topological polar surface area (TPSA) is 101 Å². The number of rotatable bonds is 3. The summed E-state index contributed by atoms with van der Waals surface area (Å²) in [7, 11) is 0. The van der Waals surface area contributed by atoms with Crippen LogP contribution >= 0.6 is 0 Å². The van der Waals surface area contributed by atoms with Crippen molar-refractivity contribution in [2.75, 3.05) is 10.3 Å². The van der Waals surface area contributed by atoms with Gasteiger partial charge in [-0.05, 0) is 30.3 Å². The predicted octanol–water partition coefficient (Wildman–Crippen LogP) is 2.72. The predicted molar refractivity (Wildman–Crippen MR) is 82.1 cm³/mol. The van der Waals surface area contributed by atoms with Gasteiger partial charge in [0.15, 0.2) is 0 Å². The first kappa shape index (κ1) is 17.3. The molecule has 0 radical (unpaired) electrons. The molecule has 3 amide bonds. The number of carbonyl (C=O) groups is 2. The van der Waals surface area contributed by atoms with E-state index in [0.717, 1.165) is 18.2 Å². The molecular weight excluding hydrogens is 325 g/mol. The fourth-order valence-corrected chi connectivity index (χ4v) is 1.99. The third-order valence-corrected chi connectivity index (χ3v) is 3.09. The summed E-state index contributed by atoms with van der Waals surface area (Å²) in [5.74, 6) is 4.85. The van der Waals surface area contributed by atoms with E-state index in [0.29, 0.717) is 5.01 Å². The number of hydrazine groups is 1. The van der Waals surface area contributed by atoms with Gasteiger partial charge in [-0.15, -0.1) is 0 Å². The van der Waals surface area contributed by atoms with Crippen LogP contribution in [0.25, 0.3) is 0 Å². The van der Waals surface area contributed by atoms with Crippen LogP contribution in [0.4, 0.5) is 29.3 Å². The molecule has 24 heavy (non-hydrogen) atoms. The van der Waals surface area contributed by atoms with Crippen LogP contribution in [0, 0.1) is 0 Å². The van der Waals surface area contributed by atoms with E-state index in [1.54, 1.807) is 6.07 Å². The number of alkyl halides is 3. The zero-order chi connectivity index (χ0) is 17.9. The third kappa shape index (κ3) is 3.82. The van der Waals surface area contributed by atoms with Gasteiger partial charge < -0.3 is 11.1 Å². The summed E-state index contributed by atoms with van der Waals surface area (Å²) in [6.45, 7) is 0. The molecule has 2 aromatic rings. The summed E-state index contributed by atoms with van der Waals surface area (Å²) in [6, 6.07) is 8.96. The fourth-order valence-electron chi connectivity index (χ4n) is 1.99. The Morgan fingerprint density at radius 3 is 2.33 bits per heavy atom. The number of carbonyl (C=O) groups excluding carboxylic acids is 2. The number of benzene rings is 2. The van der Waals surface area contributed by atoms with Crippen LogP contribution in [0.1, 0.15) is 15.9 Å². The number of hydrogen-bond acceptors (Lipinski definition) is 3. The van der Waals surface area contributed by atoms with Crippen molar-refractivity contribution >= 4 is 23.3 Å². The maximum absolute atomic E-state index is 12.8. The summed E-state index contributed by atoms with van der Waals surface area (Å²) in [6.07, 6.45) is -4.56. The van der Waals surface area contributed by atoms with Crippen molar-refractivity contribution in [3.8, 4) is 0 Å². The number of hydrogen-bond donors (Lipinski definition) is 3. The minimum absolute atomic E-state index is 0.0174. The van der Waals surface area contributed by atoms with E-state index in [2.05, 4.69) is 5.32 Å². The number of para-hydroxylation sites is 1. The van der Waals surface area contributed by atoms with E-state index >= 15 is 0 Å². The summed E-state index contributed by atoms with van der Waals surface area (Å²) in [5, 5.41) is 2.82. The van der Waals surface area contributed by atoms with Crippen molar-refractivity contribution in [2.45, 2.75) is 6.18 Å². The quantitative estimate of drug-likeness (QED) is 0.455. The summed E-state index contributed by atoms with van der Waals surface area (Å²) < 4.78 is 38.3. The van der Waals surface area contributed by atoms with Crippen LogP contribution in [-0.2, 0) is 6.18 Å². The average Bonchev–Trinajstić information content (AvgIpc) is 2.53. The van der Waals surface area contributed by atoms with Crippen LogP contribution < -0.4 is 21.9 Å². The lowest BCUT2D eigenvalue weighted by Crippen LogP contribution is -2.38. The Morgan fingerprint density at radius 2 is 1.71 bits per heavy atom. The van der Waals surface area contributed by atoms with E-state index < -0.39 is 23.7 Å². The van der Waals surface area contributed by atoms with E-state index in [1.807, 2.05) is 0 Å². The molecule has 5 N–H and O–H groups in total. The van der Waals surface area contributed by atoms with Crippen LogP contribution in [-0.4, -0.2) is 11.9 Å². The number of urea groups is 1. The SMILES string of the molecule is NC(=O)Nc1ccccc1C(=O)N(N)c1cccc(C(F)(F)F)c1. The first-order valence-electron chi connectivity index (χ1n) is 6.62. The first-order chi connectivity index (χ1) is 11.2. The fraction of sp³-hybridized carbons (Fsp3) is 0.0667. The van der Waals surface area contributed by atoms with Gasteiger partial charge in [-0.25, -0.2) is 15.6 Å². The van der Waals surface area contributed by atoms with E-state index in [-0.39, 0.29) is 16.9 Å². The largest absolute Gasteiger partial charge is 0.416 e. The highest BCUT2D eigenvalue weighted by atomic mass is 19.4. The molecule has 0 heterocycles. The number of nitrogens with zero attached hydrogens (tertiary/aromatic N) is 1. The van der Waals surface area contributed by atoms with Gasteiger partial charge in [0.25, 0.3) is 5.91 Å². The lowest BCUT2D eigenvalue weighted by molar-refractivity contribution is -0.137. The number of anilines is 2. The number of nitrogens with one attached hydrogen (secondary N) is 1. The summed E-state index contributed by atoms with van der Waals surface area (Å²) in [5.41, 5.74) is 4.01. The highest BCUT2D eigenvalue weighted by molar-refractivity contribution is 6.10. The number of amides is 3. The highest BCUT2D eigenvalue weighted by Gasteiger charge is 2.31. The zero-order valence-corrected chi connectivity index (χ0v) is 12.2. The summed E-state index contributed by atoms with van der Waals surface area (Å²) >= 11 is 0. The van der Waals surface area contributed by atoms with Crippen LogP contribution in [0.2, 0.25) is 0 Å². The molecule has 2 aromatic carbocycles. The van der Waals surface area contributed by atoms with Gasteiger partial charge in [0, 0.05) is 0 Å². The molecule has 0 aliphatic carbocycles. The molecule has 0 fully saturated rings. The van der Waals surface area contributed by atoms with Crippen molar-refractivity contribution in [1.82, 2.24) is 0 Å². The minimum Gasteiger partial charge on any atom is -0.351 e. The normalized spacial score (nSPS) is 11.0. The van der Waals surface area contributed by atoms with Crippen molar-refractivity contribution in [3.63, 3.8) is 0 Å². The standard InChI is InChI=1S/C15H13F3N4O2/c16-15(17,18)9-4-3-5-10(8-9)22(20)13(23)11-6-1-2-7-12(11)21-14(19)24/h1-8H,20H2,(H3,19,21,24). The maximum atomic E-state index is 12.8. The zero-order valence-electron chi connectivity index (χ0n) is 12.2. The molecule has 0 aliphatic heterocycles. The second-order valence-electron chi connectivity index (χ2n) is 4.76. The number of nitrogens with two attached hydrogens (primary N) is 2. The van der Waals surface area contributed by atoms with E-state index in [1.165, 1.54) is 24.3 Å². The average molecular weight is 338 g/mol. The maximum Gasteiger partial charge on any atom is 0.416 e. The second-order valence-corrected chi connectivity index (χ2v) is 4.76. The monoisotopic (exact) mass is 338 g/mol.